The number of nitrogens with one attached hydrogen (secondary N) is 1. The highest BCUT2D eigenvalue weighted by molar-refractivity contribution is 5.97. The van der Waals surface area contributed by atoms with Crippen molar-refractivity contribution in [2.75, 3.05) is 19.0 Å². The van der Waals surface area contributed by atoms with Gasteiger partial charge in [0.15, 0.2) is 11.6 Å². The third kappa shape index (κ3) is 4.36. The number of rotatable bonds is 4. The lowest BCUT2D eigenvalue weighted by molar-refractivity contribution is 0.0938. The Balaban J connectivity index is 1.59. The number of nitrogens with zero attached hydrogens (tertiary/aromatic N) is 3. The Morgan fingerprint density at radius 1 is 1.13 bits per heavy atom. The van der Waals surface area contributed by atoms with Crippen LogP contribution in [0.4, 0.5) is 5.82 Å². The molecule has 2 heterocycles. The number of phenols is 1. The first-order valence-corrected chi connectivity index (χ1v) is 10.9. The van der Waals surface area contributed by atoms with Crippen molar-refractivity contribution in [1.82, 2.24) is 15.5 Å². The van der Waals surface area contributed by atoms with Gasteiger partial charge >= 0.3 is 0 Å². The minimum atomic E-state index is -0.313. The van der Waals surface area contributed by atoms with Gasteiger partial charge in [-0.25, -0.2) is 0 Å². The Kier molecular flexibility index (Phi) is 5.85. The summed E-state index contributed by atoms with van der Waals surface area (Å²) >= 11 is 0. The number of furan rings is 1. The first-order valence-electron chi connectivity index (χ1n) is 10.9. The number of aromatic nitrogens is 2. The number of benzene rings is 1. The summed E-state index contributed by atoms with van der Waals surface area (Å²) in [6, 6.07) is 9.21. The number of fused-ring (bicyclic) bond motifs is 1. The molecule has 3 aromatic rings. The van der Waals surface area contributed by atoms with Crippen LogP contribution >= 0.6 is 0 Å². The summed E-state index contributed by atoms with van der Waals surface area (Å²) in [4.78, 5) is 14.1. The molecule has 1 aromatic carbocycles. The zero-order valence-electron chi connectivity index (χ0n) is 18.6. The third-order valence-electron chi connectivity index (χ3n) is 6.42. The lowest BCUT2D eigenvalue weighted by Crippen LogP contribution is -2.34. The minimum absolute atomic E-state index is 0.0344. The molecule has 1 aliphatic carbocycles. The normalized spacial score (nSPS) is 21.6. The molecule has 3 atom stereocenters. The topological polar surface area (TPSA) is 91.5 Å². The van der Waals surface area contributed by atoms with Crippen molar-refractivity contribution in [1.29, 1.82) is 0 Å². The molecule has 7 nitrogen and oxygen atoms in total. The monoisotopic (exact) mass is 422 g/mol. The Labute approximate surface area is 182 Å². The van der Waals surface area contributed by atoms with Gasteiger partial charge in [-0.2, -0.15) is 0 Å². The lowest BCUT2D eigenvalue weighted by atomic mass is 9.98. The Hall–Kier alpha value is -3.09. The third-order valence-corrected chi connectivity index (χ3v) is 6.42. The van der Waals surface area contributed by atoms with Gasteiger partial charge in [0.2, 0.25) is 0 Å². The van der Waals surface area contributed by atoms with Crippen molar-refractivity contribution in [2.45, 2.75) is 45.6 Å². The Bertz CT molecular complexity index is 1060. The van der Waals surface area contributed by atoms with E-state index in [4.69, 9.17) is 4.42 Å². The average molecular weight is 423 g/mol. The summed E-state index contributed by atoms with van der Waals surface area (Å²) in [5.74, 6) is 2.18. The summed E-state index contributed by atoms with van der Waals surface area (Å²) in [5.41, 5.74) is 1.57. The zero-order chi connectivity index (χ0) is 22.1. The van der Waals surface area contributed by atoms with E-state index in [0.717, 1.165) is 24.0 Å². The van der Waals surface area contributed by atoms with Crippen molar-refractivity contribution >= 4 is 22.7 Å². The van der Waals surface area contributed by atoms with Crippen LogP contribution in [0.1, 0.15) is 50.1 Å². The number of amides is 1. The number of anilines is 1. The first kappa shape index (κ1) is 21.2. The number of hydrogen-bond acceptors (Lipinski definition) is 6. The molecule has 7 heteroatoms. The van der Waals surface area contributed by atoms with E-state index in [2.05, 4.69) is 41.3 Å². The fourth-order valence-corrected chi connectivity index (χ4v) is 4.51. The van der Waals surface area contributed by atoms with Crippen LogP contribution in [0.2, 0.25) is 0 Å². The average Bonchev–Trinajstić information content (AvgIpc) is 3.10. The van der Waals surface area contributed by atoms with Gasteiger partial charge < -0.3 is 19.7 Å². The van der Waals surface area contributed by atoms with E-state index in [-0.39, 0.29) is 17.4 Å². The number of aromatic hydroxyl groups is 1. The van der Waals surface area contributed by atoms with Gasteiger partial charge in [0.25, 0.3) is 5.91 Å². The second kappa shape index (κ2) is 8.57. The fourth-order valence-electron chi connectivity index (χ4n) is 4.51. The van der Waals surface area contributed by atoms with Gasteiger partial charge in [-0.05, 0) is 48.9 Å². The zero-order valence-corrected chi connectivity index (χ0v) is 18.6. The lowest BCUT2D eigenvalue weighted by Gasteiger charge is -2.30. The second-order valence-electron chi connectivity index (χ2n) is 8.90. The van der Waals surface area contributed by atoms with Crippen molar-refractivity contribution < 1.29 is 14.3 Å². The molecule has 0 spiro atoms. The molecule has 0 radical (unpaired) electrons. The van der Waals surface area contributed by atoms with Crippen LogP contribution in [0.3, 0.4) is 0 Å². The van der Waals surface area contributed by atoms with E-state index in [1.165, 1.54) is 18.9 Å². The molecule has 0 aliphatic heterocycles. The van der Waals surface area contributed by atoms with Crippen LogP contribution in [0.5, 0.6) is 5.75 Å². The van der Waals surface area contributed by atoms with Gasteiger partial charge in [-0.1, -0.05) is 26.7 Å². The van der Waals surface area contributed by atoms with E-state index in [1.54, 1.807) is 19.2 Å². The second-order valence-corrected chi connectivity index (χ2v) is 8.90. The first-order chi connectivity index (χ1) is 14.9. The van der Waals surface area contributed by atoms with Crippen molar-refractivity contribution in [3.05, 3.63) is 36.1 Å². The maximum Gasteiger partial charge on any atom is 0.286 e. The van der Waals surface area contributed by atoms with Crippen LogP contribution < -0.4 is 10.2 Å². The van der Waals surface area contributed by atoms with Gasteiger partial charge in [0.1, 0.15) is 11.3 Å². The summed E-state index contributed by atoms with van der Waals surface area (Å²) in [7, 11) is 3.64. The number of carbonyl (C=O) groups is 1. The smallest absolute Gasteiger partial charge is 0.286 e. The number of phenolic OH excluding ortho intramolecular Hbond substituents is 1. The van der Waals surface area contributed by atoms with Crippen LogP contribution in [0.15, 0.2) is 34.7 Å². The van der Waals surface area contributed by atoms with Gasteiger partial charge in [0.05, 0.1) is 5.69 Å². The largest absolute Gasteiger partial charge is 0.507 e. The molecule has 1 fully saturated rings. The van der Waals surface area contributed by atoms with E-state index in [9.17, 15) is 9.90 Å². The highest BCUT2D eigenvalue weighted by Gasteiger charge is 2.25. The van der Waals surface area contributed by atoms with Crippen LogP contribution in [-0.2, 0) is 0 Å². The fraction of sp³-hybridized carbons (Fsp3) is 0.458. The highest BCUT2D eigenvalue weighted by Crippen LogP contribution is 2.35. The molecular weight excluding hydrogens is 392 g/mol. The molecule has 1 unspecified atom stereocenters. The molecule has 1 aliphatic rings. The van der Waals surface area contributed by atoms with Crippen molar-refractivity contribution in [3.63, 3.8) is 0 Å². The molecule has 2 aromatic heterocycles. The van der Waals surface area contributed by atoms with E-state index < -0.39 is 0 Å². The predicted octanol–water partition coefficient (Wildman–Crippen LogP) is 4.61. The molecule has 164 valence electrons. The molecule has 1 saturated carbocycles. The Morgan fingerprint density at radius 3 is 2.45 bits per heavy atom. The van der Waals surface area contributed by atoms with Gasteiger partial charge in [-0.3, -0.25) is 4.79 Å². The van der Waals surface area contributed by atoms with Crippen molar-refractivity contribution in [3.8, 4) is 17.0 Å². The molecule has 0 saturated heterocycles. The summed E-state index contributed by atoms with van der Waals surface area (Å²) < 4.78 is 5.52. The summed E-state index contributed by atoms with van der Waals surface area (Å²) in [5, 5.41) is 22.6. The molecule has 2 N–H and O–H groups in total. The SMILES string of the molecule is CNC(=O)c1cc2cc(-c3ccc(N(C)C4C[C@H](C)CC[C@H](C)C4)nn3)c(O)cc2o1. The summed E-state index contributed by atoms with van der Waals surface area (Å²) in [6.07, 6.45) is 4.90. The van der Waals surface area contributed by atoms with Crippen molar-refractivity contribution in [2.24, 2.45) is 11.8 Å². The number of hydrogen-bond donors (Lipinski definition) is 2. The van der Waals surface area contributed by atoms with Gasteiger partial charge in [-0.15, -0.1) is 10.2 Å². The molecular formula is C24H30N4O3. The van der Waals surface area contributed by atoms with E-state index >= 15 is 0 Å². The van der Waals surface area contributed by atoms with E-state index in [0.29, 0.717) is 34.7 Å². The van der Waals surface area contributed by atoms with Crippen LogP contribution in [0.25, 0.3) is 22.2 Å². The summed E-state index contributed by atoms with van der Waals surface area (Å²) in [6.45, 7) is 4.66. The minimum Gasteiger partial charge on any atom is -0.507 e. The maximum absolute atomic E-state index is 11.8. The maximum atomic E-state index is 11.8. The standard InChI is InChI=1S/C24H30N4O3/c1-14-5-6-15(2)10-17(9-14)28(4)23-8-7-19(26-27-23)18-11-16-12-22(24(30)25-3)31-21(16)13-20(18)29/h7-8,11-15,17,29H,5-6,9-10H2,1-4H3,(H,25,30)/t14-,15+,17?. The van der Waals surface area contributed by atoms with E-state index in [1.807, 2.05) is 12.1 Å². The molecule has 31 heavy (non-hydrogen) atoms. The van der Waals surface area contributed by atoms with Crippen LogP contribution in [0, 0.1) is 11.8 Å². The van der Waals surface area contributed by atoms with Gasteiger partial charge in [0, 0.05) is 37.2 Å². The number of carbonyl (C=O) groups excluding carboxylic acids is 1. The molecule has 1 amide bonds. The molecule has 4 rings (SSSR count). The predicted molar refractivity (Wildman–Crippen MR) is 121 cm³/mol. The quantitative estimate of drug-likeness (QED) is 0.597. The molecule has 0 bridgehead atoms. The Morgan fingerprint density at radius 2 is 1.84 bits per heavy atom. The highest BCUT2D eigenvalue weighted by atomic mass is 16.3. The van der Waals surface area contributed by atoms with Crippen LogP contribution in [-0.4, -0.2) is 41.3 Å².